The summed E-state index contributed by atoms with van der Waals surface area (Å²) in [5, 5.41) is 4.46. The molecule has 5 heteroatoms. The predicted molar refractivity (Wildman–Crippen MR) is 107 cm³/mol. The Hall–Kier alpha value is -2.47. The molecule has 0 saturated carbocycles. The van der Waals surface area contributed by atoms with Gasteiger partial charge in [-0.2, -0.15) is 0 Å². The second-order valence-corrected chi connectivity index (χ2v) is 6.86. The summed E-state index contributed by atoms with van der Waals surface area (Å²) in [4.78, 5) is 19.0. The molecule has 4 rings (SSSR count). The number of ketones is 1. The summed E-state index contributed by atoms with van der Waals surface area (Å²) in [6.45, 7) is 5.15. The highest BCUT2D eigenvalue weighted by Gasteiger charge is 2.24. The van der Waals surface area contributed by atoms with E-state index >= 15 is 0 Å². The number of morpholine rings is 1. The molecule has 1 atom stereocenters. The fraction of sp³-hybridized carbons (Fsp3) is 0.318. The van der Waals surface area contributed by atoms with Gasteiger partial charge in [0.05, 0.1) is 19.3 Å². The lowest BCUT2D eigenvalue weighted by Crippen LogP contribution is -2.41. The lowest BCUT2D eigenvalue weighted by molar-refractivity contribution is 0.0380. The Balaban J connectivity index is 1.53. The van der Waals surface area contributed by atoms with E-state index in [2.05, 4.69) is 15.2 Å². The van der Waals surface area contributed by atoms with E-state index in [0.29, 0.717) is 0 Å². The molecule has 27 heavy (non-hydrogen) atoms. The summed E-state index contributed by atoms with van der Waals surface area (Å²) in [6.07, 6.45) is 1.83. The minimum absolute atomic E-state index is 0.0978. The van der Waals surface area contributed by atoms with E-state index in [1.807, 2.05) is 60.8 Å². The van der Waals surface area contributed by atoms with Crippen molar-refractivity contribution < 1.29 is 9.53 Å². The molecule has 5 nitrogen and oxygen atoms in total. The number of hydrogen-bond donors (Lipinski definition) is 2. The Morgan fingerprint density at radius 2 is 1.81 bits per heavy atom. The molecule has 3 aromatic rings. The van der Waals surface area contributed by atoms with Gasteiger partial charge in [0.25, 0.3) is 0 Å². The minimum atomic E-state index is -0.355. The first-order valence-corrected chi connectivity index (χ1v) is 9.52. The van der Waals surface area contributed by atoms with Gasteiger partial charge >= 0.3 is 0 Å². The molecule has 2 N–H and O–H groups in total. The maximum absolute atomic E-state index is 13.4. The summed E-state index contributed by atoms with van der Waals surface area (Å²) < 4.78 is 5.40. The van der Waals surface area contributed by atoms with Gasteiger partial charge in [0.1, 0.15) is 0 Å². The Morgan fingerprint density at radius 3 is 2.63 bits per heavy atom. The van der Waals surface area contributed by atoms with Crippen molar-refractivity contribution in [2.75, 3.05) is 39.4 Å². The van der Waals surface area contributed by atoms with Gasteiger partial charge in [-0.05, 0) is 11.6 Å². The average molecular weight is 363 g/mol. The highest BCUT2D eigenvalue weighted by Crippen LogP contribution is 2.24. The number of Topliss-reactive ketones (excluding diaryl/α,β-unsaturated/α-hetero) is 1. The molecule has 1 fully saturated rings. The van der Waals surface area contributed by atoms with Gasteiger partial charge in [0.2, 0.25) is 0 Å². The zero-order valence-electron chi connectivity index (χ0n) is 15.4. The molecule has 2 aromatic carbocycles. The number of aromatic nitrogens is 1. The quantitative estimate of drug-likeness (QED) is 0.634. The molecular weight excluding hydrogens is 338 g/mol. The van der Waals surface area contributed by atoms with E-state index in [-0.39, 0.29) is 11.8 Å². The van der Waals surface area contributed by atoms with Gasteiger partial charge in [0, 0.05) is 48.8 Å². The lowest BCUT2D eigenvalue weighted by Gasteiger charge is -2.27. The normalized spacial score (nSPS) is 16.4. The van der Waals surface area contributed by atoms with Crippen LogP contribution in [-0.2, 0) is 4.74 Å². The van der Waals surface area contributed by atoms with E-state index in [4.69, 9.17) is 4.74 Å². The SMILES string of the molecule is O=C(c1c[nH]c2ccccc12)[C@@H](NCCN1CCOCC1)c1ccccc1. The molecule has 1 aromatic heterocycles. The Kier molecular flexibility index (Phi) is 5.63. The van der Waals surface area contributed by atoms with Gasteiger partial charge in [-0.3, -0.25) is 9.69 Å². The first-order valence-electron chi connectivity index (χ1n) is 9.52. The molecule has 2 heterocycles. The molecule has 140 valence electrons. The van der Waals surface area contributed by atoms with Crippen LogP contribution in [0.2, 0.25) is 0 Å². The van der Waals surface area contributed by atoms with Gasteiger partial charge in [-0.1, -0.05) is 48.5 Å². The lowest BCUT2D eigenvalue weighted by atomic mass is 9.97. The van der Waals surface area contributed by atoms with Crippen LogP contribution in [0.4, 0.5) is 0 Å². The summed E-state index contributed by atoms with van der Waals surface area (Å²) >= 11 is 0. The monoisotopic (exact) mass is 363 g/mol. The van der Waals surface area contributed by atoms with Crippen LogP contribution in [0, 0.1) is 0 Å². The number of nitrogens with zero attached hydrogens (tertiary/aromatic N) is 1. The molecular formula is C22H25N3O2. The topological polar surface area (TPSA) is 57.4 Å². The van der Waals surface area contributed by atoms with E-state index in [1.165, 1.54) is 0 Å². The molecule has 1 aliphatic rings. The molecule has 0 spiro atoms. The van der Waals surface area contributed by atoms with E-state index in [9.17, 15) is 4.79 Å². The van der Waals surface area contributed by atoms with Gasteiger partial charge in [-0.25, -0.2) is 0 Å². The second kappa shape index (κ2) is 8.48. The fourth-order valence-electron chi connectivity index (χ4n) is 3.63. The Labute approximate surface area is 159 Å². The molecule has 1 saturated heterocycles. The van der Waals surface area contributed by atoms with Crippen molar-refractivity contribution in [3.05, 3.63) is 71.9 Å². The van der Waals surface area contributed by atoms with Crippen molar-refractivity contribution in [3.63, 3.8) is 0 Å². The van der Waals surface area contributed by atoms with Gasteiger partial charge < -0.3 is 15.0 Å². The highest BCUT2D eigenvalue weighted by atomic mass is 16.5. The van der Waals surface area contributed by atoms with Crippen LogP contribution in [0.15, 0.2) is 60.8 Å². The number of nitrogens with one attached hydrogen (secondary N) is 2. The predicted octanol–water partition coefficient (Wildman–Crippen LogP) is 3.01. The number of ether oxygens (including phenoxy) is 1. The van der Waals surface area contributed by atoms with Crippen molar-refractivity contribution in [2.24, 2.45) is 0 Å². The van der Waals surface area contributed by atoms with E-state index in [1.54, 1.807) is 0 Å². The largest absolute Gasteiger partial charge is 0.379 e. The van der Waals surface area contributed by atoms with Crippen molar-refractivity contribution in [3.8, 4) is 0 Å². The number of hydrogen-bond acceptors (Lipinski definition) is 4. The number of H-pyrrole nitrogens is 1. The molecule has 0 aliphatic carbocycles. The molecule has 0 radical (unpaired) electrons. The summed E-state index contributed by atoms with van der Waals surface area (Å²) in [6, 6.07) is 17.5. The number of benzene rings is 2. The zero-order chi connectivity index (χ0) is 18.5. The van der Waals surface area contributed by atoms with E-state index in [0.717, 1.165) is 61.4 Å². The molecule has 0 unspecified atom stereocenters. The zero-order valence-corrected chi connectivity index (χ0v) is 15.4. The standard InChI is InChI=1S/C22H25N3O2/c26-22(19-16-24-20-9-5-4-8-18(19)20)21(17-6-2-1-3-7-17)23-10-11-25-12-14-27-15-13-25/h1-9,16,21,23-24H,10-15H2/t21-/m0/s1. The maximum Gasteiger partial charge on any atom is 0.186 e. The number of aromatic amines is 1. The number of carbonyl (C=O) groups excluding carboxylic acids is 1. The fourth-order valence-corrected chi connectivity index (χ4v) is 3.63. The van der Waals surface area contributed by atoms with Crippen LogP contribution in [0.5, 0.6) is 0 Å². The first kappa shape index (κ1) is 17.9. The van der Waals surface area contributed by atoms with Crippen molar-refractivity contribution >= 4 is 16.7 Å². The molecule has 1 aliphatic heterocycles. The smallest absolute Gasteiger partial charge is 0.186 e. The number of carbonyl (C=O) groups is 1. The highest BCUT2D eigenvalue weighted by molar-refractivity contribution is 6.10. The van der Waals surface area contributed by atoms with Gasteiger partial charge in [-0.15, -0.1) is 0 Å². The summed E-state index contributed by atoms with van der Waals surface area (Å²) in [7, 11) is 0. The molecule has 0 bridgehead atoms. The van der Waals surface area contributed by atoms with Crippen LogP contribution in [0.25, 0.3) is 10.9 Å². The van der Waals surface area contributed by atoms with Crippen LogP contribution < -0.4 is 5.32 Å². The van der Waals surface area contributed by atoms with E-state index < -0.39 is 0 Å². The Bertz CT molecular complexity index is 885. The third-order valence-electron chi connectivity index (χ3n) is 5.13. The number of rotatable bonds is 7. The second-order valence-electron chi connectivity index (χ2n) is 6.86. The molecule has 0 amide bonds. The van der Waals surface area contributed by atoms with Crippen molar-refractivity contribution in [1.29, 1.82) is 0 Å². The number of para-hydroxylation sites is 1. The summed E-state index contributed by atoms with van der Waals surface area (Å²) in [5.74, 6) is 0.0978. The summed E-state index contributed by atoms with van der Waals surface area (Å²) in [5.41, 5.74) is 2.72. The third-order valence-corrected chi connectivity index (χ3v) is 5.13. The van der Waals surface area contributed by atoms with Crippen LogP contribution >= 0.6 is 0 Å². The van der Waals surface area contributed by atoms with Crippen molar-refractivity contribution in [2.45, 2.75) is 6.04 Å². The Morgan fingerprint density at radius 1 is 1.07 bits per heavy atom. The minimum Gasteiger partial charge on any atom is -0.379 e. The van der Waals surface area contributed by atoms with Crippen LogP contribution in [0.1, 0.15) is 22.0 Å². The van der Waals surface area contributed by atoms with Gasteiger partial charge in [0.15, 0.2) is 5.78 Å². The van der Waals surface area contributed by atoms with Crippen molar-refractivity contribution in [1.82, 2.24) is 15.2 Å². The third kappa shape index (κ3) is 4.11. The maximum atomic E-state index is 13.4. The van der Waals surface area contributed by atoms with Crippen LogP contribution in [-0.4, -0.2) is 55.1 Å². The average Bonchev–Trinajstić information content (AvgIpc) is 3.16. The first-order chi connectivity index (χ1) is 13.3. The number of fused-ring (bicyclic) bond motifs is 1. The van der Waals surface area contributed by atoms with Crippen LogP contribution in [0.3, 0.4) is 0 Å².